The summed E-state index contributed by atoms with van der Waals surface area (Å²) < 4.78 is 0. The highest BCUT2D eigenvalue weighted by molar-refractivity contribution is 5.92. The Morgan fingerprint density at radius 2 is 2.31 bits per heavy atom. The number of hydrazine groups is 1. The van der Waals surface area contributed by atoms with Gasteiger partial charge in [-0.05, 0) is 24.5 Å². The number of hydrogen-bond acceptors (Lipinski definition) is 4. The summed E-state index contributed by atoms with van der Waals surface area (Å²) in [7, 11) is 0. The van der Waals surface area contributed by atoms with Gasteiger partial charge in [-0.25, -0.2) is 4.98 Å². The second-order valence-electron chi connectivity index (χ2n) is 4.06. The molecular formula is C11H16N4O. The van der Waals surface area contributed by atoms with Gasteiger partial charge >= 0.3 is 0 Å². The summed E-state index contributed by atoms with van der Waals surface area (Å²) >= 11 is 0. The zero-order valence-corrected chi connectivity index (χ0v) is 9.07. The lowest BCUT2D eigenvalue weighted by atomic mass is 10.3. The Balaban J connectivity index is 1.81. The molecule has 1 saturated carbocycles. The lowest BCUT2D eigenvalue weighted by Crippen LogP contribution is -2.25. The normalized spacial score (nSPS) is 14.6. The molecule has 0 spiro atoms. The van der Waals surface area contributed by atoms with Gasteiger partial charge < -0.3 is 10.7 Å². The monoisotopic (exact) mass is 220 g/mol. The minimum Gasteiger partial charge on any atom is -0.351 e. The van der Waals surface area contributed by atoms with Crippen molar-refractivity contribution in [3.63, 3.8) is 0 Å². The molecule has 86 valence electrons. The smallest absolute Gasteiger partial charge is 0.269 e. The van der Waals surface area contributed by atoms with Crippen LogP contribution < -0.4 is 16.6 Å². The fourth-order valence-corrected chi connectivity index (χ4v) is 1.50. The quantitative estimate of drug-likeness (QED) is 0.508. The first kappa shape index (κ1) is 10.9. The SMILES string of the molecule is NNc1ccc(C(=O)NCCC2CC2)nc1. The van der Waals surface area contributed by atoms with Crippen molar-refractivity contribution in [1.29, 1.82) is 0 Å². The standard InChI is InChI=1S/C11H16N4O/c12-15-9-3-4-10(14-7-9)11(16)13-6-5-8-1-2-8/h3-4,7-8,15H,1-2,5-6,12H2,(H,13,16). The average Bonchev–Trinajstić information content (AvgIpc) is 3.13. The van der Waals surface area contributed by atoms with E-state index in [4.69, 9.17) is 5.84 Å². The van der Waals surface area contributed by atoms with Crippen LogP contribution in [0.25, 0.3) is 0 Å². The van der Waals surface area contributed by atoms with Gasteiger partial charge in [-0.15, -0.1) is 0 Å². The van der Waals surface area contributed by atoms with Crippen molar-refractivity contribution in [2.45, 2.75) is 19.3 Å². The number of pyridine rings is 1. The highest BCUT2D eigenvalue weighted by Crippen LogP contribution is 2.31. The number of anilines is 1. The zero-order chi connectivity index (χ0) is 11.4. The van der Waals surface area contributed by atoms with Gasteiger partial charge in [0.25, 0.3) is 5.91 Å². The van der Waals surface area contributed by atoms with Crippen LogP contribution in [0, 0.1) is 5.92 Å². The molecule has 1 aromatic heterocycles. The van der Waals surface area contributed by atoms with E-state index >= 15 is 0 Å². The molecule has 1 heterocycles. The molecule has 5 heteroatoms. The van der Waals surface area contributed by atoms with Crippen LogP contribution in [-0.2, 0) is 0 Å². The van der Waals surface area contributed by atoms with E-state index in [9.17, 15) is 4.79 Å². The molecule has 2 rings (SSSR count). The molecule has 5 nitrogen and oxygen atoms in total. The van der Waals surface area contributed by atoms with Gasteiger partial charge in [0.05, 0.1) is 11.9 Å². The van der Waals surface area contributed by atoms with E-state index in [0.717, 1.165) is 18.9 Å². The van der Waals surface area contributed by atoms with E-state index in [2.05, 4.69) is 15.7 Å². The molecule has 0 atom stereocenters. The molecule has 4 N–H and O–H groups in total. The highest BCUT2D eigenvalue weighted by atomic mass is 16.1. The maximum absolute atomic E-state index is 11.6. The number of amides is 1. The third kappa shape index (κ3) is 2.93. The van der Waals surface area contributed by atoms with Crippen LogP contribution in [0.2, 0.25) is 0 Å². The van der Waals surface area contributed by atoms with Crippen LogP contribution in [0.4, 0.5) is 5.69 Å². The Kier molecular flexibility index (Phi) is 3.36. The summed E-state index contributed by atoms with van der Waals surface area (Å²) in [5.74, 6) is 5.92. The van der Waals surface area contributed by atoms with Gasteiger partial charge in [-0.1, -0.05) is 12.8 Å². The van der Waals surface area contributed by atoms with Crippen LogP contribution >= 0.6 is 0 Å². The molecule has 16 heavy (non-hydrogen) atoms. The summed E-state index contributed by atoms with van der Waals surface area (Å²) in [4.78, 5) is 15.6. The maximum atomic E-state index is 11.6. The molecule has 0 unspecified atom stereocenters. The predicted octanol–water partition coefficient (Wildman–Crippen LogP) is 0.897. The third-order valence-electron chi connectivity index (χ3n) is 2.70. The number of nitrogens with one attached hydrogen (secondary N) is 2. The van der Waals surface area contributed by atoms with Crippen LogP contribution in [0.5, 0.6) is 0 Å². The van der Waals surface area contributed by atoms with Crippen molar-refractivity contribution in [2.75, 3.05) is 12.0 Å². The van der Waals surface area contributed by atoms with E-state index in [1.165, 1.54) is 19.0 Å². The fourth-order valence-electron chi connectivity index (χ4n) is 1.50. The number of carbonyl (C=O) groups is 1. The van der Waals surface area contributed by atoms with Gasteiger partial charge in [-0.3, -0.25) is 10.6 Å². The Morgan fingerprint density at radius 1 is 1.50 bits per heavy atom. The van der Waals surface area contributed by atoms with Crippen molar-refractivity contribution in [3.05, 3.63) is 24.0 Å². The van der Waals surface area contributed by atoms with Gasteiger partial charge in [-0.2, -0.15) is 0 Å². The topological polar surface area (TPSA) is 80.0 Å². The maximum Gasteiger partial charge on any atom is 0.269 e. The molecular weight excluding hydrogens is 204 g/mol. The molecule has 1 aliphatic carbocycles. The Labute approximate surface area is 94.4 Å². The number of aromatic nitrogens is 1. The van der Waals surface area contributed by atoms with E-state index in [1.54, 1.807) is 12.1 Å². The molecule has 0 saturated heterocycles. The molecule has 0 bridgehead atoms. The fraction of sp³-hybridized carbons (Fsp3) is 0.455. The van der Waals surface area contributed by atoms with E-state index in [-0.39, 0.29) is 5.91 Å². The molecule has 1 aromatic rings. The van der Waals surface area contributed by atoms with Crippen molar-refractivity contribution >= 4 is 11.6 Å². The van der Waals surface area contributed by atoms with Crippen molar-refractivity contribution in [1.82, 2.24) is 10.3 Å². The molecule has 0 aromatic carbocycles. The largest absolute Gasteiger partial charge is 0.351 e. The van der Waals surface area contributed by atoms with E-state index < -0.39 is 0 Å². The van der Waals surface area contributed by atoms with Crippen LogP contribution in [0.1, 0.15) is 29.8 Å². The summed E-state index contributed by atoms with van der Waals surface area (Å²) in [6.45, 7) is 0.738. The summed E-state index contributed by atoms with van der Waals surface area (Å²) in [6, 6.07) is 3.38. The third-order valence-corrected chi connectivity index (χ3v) is 2.70. The Hall–Kier alpha value is -1.62. The van der Waals surface area contributed by atoms with Crippen LogP contribution in [0.15, 0.2) is 18.3 Å². The number of nitrogens with zero attached hydrogens (tertiary/aromatic N) is 1. The molecule has 0 aliphatic heterocycles. The first-order valence-electron chi connectivity index (χ1n) is 5.50. The van der Waals surface area contributed by atoms with Crippen molar-refractivity contribution < 1.29 is 4.79 Å². The minimum atomic E-state index is -0.121. The molecule has 1 amide bonds. The highest BCUT2D eigenvalue weighted by Gasteiger charge is 2.20. The average molecular weight is 220 g/mol. The molecule has 1 aliphatic rings. The van der Waals surface area contributed by atoms with Gasteiger partial charge in [0, 0.05) is 6.54 Å². The molecule has 0 radical (unpaired) electrons. The number of nitrogen functional groups attached to an aromatic ring is 1. The van der Waals surface area contributed by atoms with Crippen LogP contribution in [0.3, 0.4) is 0 Å². The van der Waals surface area contributed by atoms with Gasteiger partial charge in [0.1, 0.15) is 5.69 Å². The van der Waals surface area contributed by atoms with E-state index in [1.807, 2.05) is 0 Å². The first-order valence-corrected chi connectivity index (χ1v) is 5.50. The summed E-state index contributed by atoms with van der Waals surface area (Å²) in [6.07, 6.45) is 5.24. The van der Waals surface area contributed by atoms with Crippen molar-refractivity contribution in [2.24, 2.45) is 11.8 Å². The van der Waals surface area contributed by atoms with Crippen LogP contribution in [-0.4, -0.2) is 17.4 Å². The zero-order valence-electron chi connectivity index (χ0n) is 9.07. The number of rotatable bonds is 5. The lowest BCUT2D eigenvalue weighted by Gasteiger charge is -2.04. The number of nitrogens with two attached hydrogens (primary N) is 1. The first-order chi connectivity index (χ1) is 7.79. The van der Waals surface area contributed by atoms with Gasteiger partial charge in [0.15, 0.2) is 0 Å². The number of carbonyl (C=O) groups excluding carboxylic acids is 1. The summed E-state index contributed by atoms with van der Waals surface area (Å²) in [5, 5.41) is 2.85. The lowest BCUT2D eigenvalue weighted by molar-refractivity contribution is 0.0948. The molecule has 1 fully saturated rings. The second-order valence-corrected chi connectivity index (χ2v) is 4.06. The van der Waals surface area contributed by atoms with Gasteiger partial charge in [0.2, 0.25) is 0 Å². The van der Waals surface area contributed by atoms with Crippen molar-refractivity contribution in [3.8, 4) is 0 Å². The second kappa shape index (κ2) is 4.94. The summed E-state index contributed by atoms with van der Waals surface area (Å²) in [5.41, 5.74) is 3.58. The minimum absolute atomic E-state index is 0.121. The number of hydrogen-bond donors (Lipinski definition) is 3. The Bertz CT molecular complexity index is 359. The Morgan fingerprint density at radius 3 is 2.88 bits per heavy atom. The van der Waals surface area contributed by atoms with E-state index in [0.29, 0.717) is 11.4 Å². The predicted molar refractivity (Wildman–Crippen MR) is 61.7 cm³/mol.